The molecule has 0 bridgehead atoms. The van der Waals surface area contributed by atoms with Crippen LogP contribution in [0.4, 0.5) is 4.79 Å². The lowest BCUT2D eigenvalue weighted by atomic mass is 9.87. The Morgan fingerprint density at radius 1 is 1.40 bits per heavy atom. The van der Waals surface area contributed by atoms with Gasteiger partial charge in [0, 0.05) is 0 Å². The number of nitrogens with two attached hydrogens (primary N) is 1. The molecule has 2 N–H and O–H groups in total. The number of rotatable bonds is 1. The second-order valence-electron chi connectivity index (χ2n) is 4.32. The molecule has 0 aliphatic heterocycles. The van der Waals surface area contributed by atoms with Crippen molar-refractivity contribution in [3.63, 3.8) is 0 Å². The number of amides is 1. The summed E-state index contributed by atoms with van der Waals surface area (Å²) >= 11 is 3.34. The molecule has 1 amide bonds. The van der Waals surface area contributed by atoms with E-state index in [9.17, 15) is 4.79 Å². The second-order valence-corrected chi connectivity index (χ2v) is 5.17. The molecule has 15 heavy (non-hydrogen) atoms. The van der Waals surface area contributed by atoms with E-state index in [0.717, 1.165) is 10.0 Å². The number of carbonyl (C=O) groups is 1. The van der Waals surface area contributed by atoms with Crippen molar-refractivity contribution in [3.8, 4) is 5.75 Å². The fourth-order valence-electron chi connectivity index (χ4n) is 1.16. The van der Waals surface area contributed by atoms with Crippen LogP contribution in [0.2, 0.25) is 0 Å². The van der Waals surface area contributed by atoms with Gasteiger partial charge < -0.3 is 10.5 Å². The van der Waals surface area contributed by atoms with Gasteiger partial charge in [-0.2, -0.15) is 0 Å². The van der Waals surface area contributed by atoms with Crippen LogP contribution in [0, 0.1) is 0 Å². The van der Waals surface area contributed by atoms with Gasteiger partial charge >= 0.3 is 6.09 Å². The highest BCUT2D eigenvalue weighted by Gasteiger charge is 2.15. The summed E-state index contributed by atoms with van der Waals surface area (Å²) in [5, 5.41) is 0. The van der Waals surface area contributed by atoms with Crippen molar-refractivity contribution in [2.24, 2.45) is 5.73 Å². The van der Waals surface area contributed by atoms with Crippen molar-refractivity contribution >= 4 is 22.0 Å². The molecule has 0 saturated heterocycles. The summed E-state index contributed by atoms with van der Waals surface area (Å²) in [6.45, 7) is 6.34. The molecule has 0 aliphatic rings. The third-order valence-electron chi connectivity index (χ3n) is 2.01. The van der Waals surface area contributed by atoms with E-state index in [-0.39, 0.29) is 5.41 Å². The number of halogens is 1. The van der Waals surface area contributed by atoms with E-state index in [4.69, 9.17) is 10.5 Å². The summed E-state index contributed by atoms with van der Waals surface area (Å²) in [6, 6.07) is 5.58. The van der Waals surface area contributed by atoms with Crippen LogP contribution in [-0.2, 0) is 5.41 Å². The lowest BCUT2D eigenvalue weighted by Crippen LogP contribution is -2.17. The van der Waals surface area contributed by atoms with Gasteiger partial charge in [-0.1, -0.05) is 26.8 Å². The van der Waals surface area contributed by atoms with Crippen molar-refractivity contribution in [1.29, 1.82) is 0 Å². The van der Waals surface area contributed by atoms with Crippen molar-refractivity contribution in [3.05, 3.63) is 28.2 Å². The fourth-order valence-corrected chi connectivity index (χ4v) is 1.62. The zero-order valence-electron chi connectivity index (χ0n) is 9.00. The molecule has 0 saturated carbocycles. The fraction of sp³-hybridized carbons (Fsp3) is 0.364. The molecule has 3 nitrogen and oxygen atoms in total. The highest BCUT2D eigenvalue weighted by Crippen LogP contribution is 2.31. The molecule has 0 unspecified atom stereocenters. The minimum Gasteiger partial charge on any atom is -0.409 e. The number of hydrogen-bond acceptors (Lipinski definition) is 2. The number of primary amides is 1. The van der Waals surface area contributed by atoms with Gasteiger partial charge in [-0.05, 0) is 39.0 Å². The zero-order chi connectivity index (χ0) is 11.6. The summed E-state index contributed by atoms with van der Waals surface area (Å²) in [7, 11) is 0. The van der Waals surface area contributed by atoms with E-state index in [1.807, 2.05) is 12.1 Å². The third-order valence-corrected chi connectivity index (χ3v) is 2.63. The van der Waals surface area contributed by atoms with E-state index in [1.54, 1.807) is 6.07 Å². The van der Waals surface area contributed by atoms with Crippen molar-refractivity contribution < 1.29 is 9.53 Å². The van der Waals surface area contributed by atoms with Gasteiger partial charge in [-0.25, -0.2) is 4.79 Å². The smallest absolute Gasteiger partial charge is 0.409 e. The maximum absolute atomic E-state index is 10.6. The van der Waals surface area contributed by atoms with Gasteiger partial charge in [-0.15, -0.1) is 0 Å². The molecule has 1 aromatic rings. The normalized spacial score (nSPS) is 11.2. The molecule has 1 rings (SSSR count). The van der Waals surface area contributed by atoms with E-state index in [0.29, 0.717) is 5.75 Å². The lowest BCUT2D eigenvalue weighted by Gasteiger charge is -2.19. The van der Waals surface area contributed by atoms with Crippen molar-refractivity contribution in [2.75, 3.05) is 0 Å². The van der Waals surface area contributed by atoms with Gasteiger partial charge in [0.05, 0.1) is 4.47 Å². The van der Waals surface area contributed by atoms with Gasteiger partial charge in [0.25, 0.3) is 0 Å². The Kier molecular flexibility index (Phi) is 3.39. The van der Waals surface area contributed by atoms with E-state index < -0.39 is 6.09 Å². The Balaban J connectivity index is 3.03. The van der Waals surface area contributed by atoms with Crippen LogP contribution in [0.1, 0.15) is 26.3 Å². The summed E-state index contributed by atoms with van der Waals surface area (Å²) < 4.78 is 5.53. The highest BCUT2D eigenvalue weighted by atomic mass is 79.9. The molecule has 0 fully saturated rings. The predicted molar refractivity (Wildman–Crippen MR) is 63.1 cm³/mol. The number of ether oxygens (including phenoxy) is 1. The van der Waals surface area contributed by atoms with Crippen LogP contribution in [0.5, 0.6) is 5.75 Å². The Morgan fingerprint density at radius 2 is 2.00 bits per heavy atom. The van der Waals surface area contributed by atoms with Crippen LogP contribution in [0.3, 0.4) is 0 Å². The molecular formula is C11H14BrNO2. The minimum absolute atomic E-state index is 0.0633. The number of hydrogen-bond donors (Lipinski definition) is 1. The topological polar surface area (TPSA) is 52.3 Å². The molecule has 0 aromatic heterocycles. The van der Waals surface area contributed by atoms with E-state index in [2.05, 4.69) is 36.7 Å². The first-order valence-electron chi connectivity index (χ1n) is 4.58. The molecule has 0 heterocycles. The Labute approximate surface area is 97.7 Å². The monoisotopic (exact) mass is 271 g/mol. The first-order chi connectivity index (χ1) is 6.80. The molecule has 0 aliphatic carbocycles. The Morgan fingerprint density at radius 3 is 2.40 bits per heavy atom. The third kappa shape index (κ3) is 3.23. The maximum atomic E-state index is 10.6. The quantitative estimate of drug-likeness (QED) is 0.853. The molecule has 0 spiro atoms. The standard InChI is InChI=1S/C11H14BrNO2/c1-11(2,3)7-4-5-9(8(12)6-7)15-10(13)14/h4-6H,1-3H3,(H2,13,14). The van der Waals surface area contributed by atoms with Gasteiger partial charge in [0.2, 0.25) is 0 Å². The molecule has 4 heteroatoms. The first-order valence-corrected chi connectivity index (χ1v) is 5.37. The van der Waals surface area contributed by atoms with Crippen LogP contribution in [-0.4, -0.2) is 6.09 Å². The van der Waals surface area contributed by atoms with E-state index >= 15 is 0 Å². The van der Waals surface area contributed by atoms with Crippen LogP contribution < -0.4 is 10.5 Å². The number of carbonyl (C=O) groups excluding carboxylic acids is 1. The molecular weight excluding hydrogens is 258 g/mol. The minimum atomic E-state index is -0.806. The highest BCUT2D eigenvalue weighted by molar-refractivity contribution is 9.10. The molecule has 0 radical (unpaired) electrons. The average molecular weight is 272 g/mol. The molecule has 0 atom stereocenters. The number of benzene rings is 1. The van der Waals surface area contributed by atoms with E-state index in [1.165, 1.54) is 0 Å². The predicted octanol–water partition coefficient (Wildman–Crippen LogP) is 3.20. The summed E-state index contributed by atoms with van der Waals surface area (Å²) in [6.07, 6.45) is -0.806. The Hall–Kier alpha value is -1.03. The zero-order valence-corrected chi connectivity index (χ0v) is 10.6. The second kappa shape index (κ2) is 4.23. The molecule has 82 valence electrons. The van der Waals surface area contributed by atoms with Crippen LogP contribution in [0.15, 0.2) is 22.7 Å². The maximum Gasteiger partial charge on any atom is 0.410 e. The van der Waals surface area contributed by atoms with Crippen LogP contribution in [0.25, 0.3) is 0 Å². The van der Waals surface area contributed by atoms with Gasteiger partial charge in [-0.3, -0.25) is 0 Å². The Bertz CT molecular complexity index is 383. The van der Waals surface area contributed by atoms with Crippen LogP contribution >= 0.6 is 15.9 Å². The lowest BCUT2D eigenvalue weighted by molar-refractivity contribution is 0.210. The molecule has 1 aromatic carbocycles. The summed E-state index contributed by atoms with van der Waals surface area (Å²) in [4.78, 5) is 10.6. The van der Waals surface area contributed by atoms with Crippen molar-refractivity contribution in [2.45, 2.75) is 26.2 Å². The van der Waals surface area contributed by atoms with Crippen molar-refractivity contribution in [1.82, 2.24) is 0 Å². The summed E-state index contributed by atoms with van der Waals surface area (Å²) in [5.41, 5.74) is 6.16. The van der Waals surface area contributed by atoms with Gasteiger partial charge in [0.15, 0.2) is 0 Å². The van der Waals surface area contributed by atoms with Gasteiger partial charge in [0.1, 0.15) is 5.75 Å². The first kappa shape index (κ1) is 12.0. The summed E-state index contributed by atoms with van der Waals surface area (Å²) in [5.74, 6) is 0.440. The largest absolute Gasteiger partial charge is 0.410 e. The SMILES string of the molecule is CC(C)(C)c1ccc(OC(N)=O)c(Br)c1. The average Bonchev–Trinajstić information content (AvgIpc) is 2.05.